The van der Waals surface area contributed by atoms with E-state index >= 15 is 0 Å². The third-order valence-corrected chi connectivity index (χ3v) is 4.22. The number of hydrogen-bond donors (Lipinski definition) is 1. The van der Waals surface area contributed by atoms with Crippen LogP contribution in [0.25, 0.3) is 0 Å². The van der Waals surface area contributed by atoms with Gasteiger partial charge in [-0.05, 0) is 42.2 Å². The molecule has 1 amide bonds. The number of carbonyl (C=O) groups excluding carboxylic acids is 1. The molecular weight excluding hydrogens is 332 g/mol. The maximum absolute atomic E-state index is 12.9. The molecule has 3 aromatic rings. The highest BCUT2D eigenvalue weighted by molar-refractivity contribution is 5.80. The number of amides is 1. The minimum Gasteiger partial charge on any atom is -0.468 e. The molecule has 2 atom stereocenters. The largest absolute Gasteiger partial charge is 0.468 e. The van der Waals surface area contributed by atoms with Crippen molar-refractivity contribution in [1.82, 2.24) is 30.4 Å². The van der Waals surface area contributed by atoms with Crippen LogP contribution in [-0.4, -0.2) is 51.7 Å². The first-order valence-corrected chi connectivity index (χ1v) is 8.39. The molecule has 1 aromatic carbocycles. The normalized spacial score (nSPS) is 13.5. The maximum atomic E-state index is 12.9. The lowest BCUT2D eigenvalue weighted by molar-refractivity contribution is -0.124. The third-order valence-electron chi connectivity index (χ3n) is 4.22. The van der Waals surface area contributed by atoms with Crippen molar-refractivity contribution in [3.63, 3.8) is 0 Å². The van der Waals surface area contributed by atoms with Crippen LogP contribution >= 0.6 is 0 Å². The molecule has 0 saturated heterocycles. The van der Waals surface area contributed by atoms with E-state index in [2.05, 4.69) is 20.8 Å². The van der Waals surface area contributed by atoms with Gasteiger partial charge in [-0.2, -0.15) is 0 Å². The van der Waals surface area contributed by atoms with E-state index in [0.717, 1.165) is 11.3 Å². The van der Waals surface area contributed by atoms with Crippen molar-refractivity contribution >= 4 is 5.91 Å². The van der Waals surface area contributed by atoms with Gasteiger partial charge in [0, 0.05) is 13.0 Å². The Morgan fingerprint density at radius 3 is 2.65 bits per heavy atom. The van der Waals surface area contributed by atoms with E-state index in [9.17, 15) is 4.79 Å². The van der Waals surface area contributed by atoms with E-state index in [0.29, 0.717) is 13.0 Å². The van der Waals surface area contributed by atoms with E-state index in [1.165, 1.54) is 11.0 Å². The number of aromatic nitrogens is 4. The molecule has 2 aromatic heterocycles. The first-order chi connectivity index (χ1) is 12.6. The number of tetrazole rings is 1. The third kappa shape index (κ3) is 4.34. The van der Waals surface area contributed by atoms with Crippen LogP contribution in [-0.2, 0) is 11.2 Å². The van der Waals surface area contributed by atoms with E-state index < -0.39 is 6.04 Å². The smallest absolute Gasteiger partial charge is 0.245 e. The van der Waals surface area contributed by atoms with Crippen LogP contribution in [0.2, 0.25) is 0 Å². The minimum absolute atomic E-state index is 0.0554. The van der Waals surface area contributed by atoms with Crippen molar-refractivity contribution in [3.8, 4) is 0 Å². The Morgan fingerprint density at radius 2 is 2.04 bits per heavy atom. The molecule has 8 heteroatoms. The molecule has 1 N–H and O–H groups in total. The molecule has 2 unspecified atom stereocenters. The summed E-state index contributed by atoms with van der Waals surface area (Å²) in [4.78, 5) is 14.9. The summed E-state index contributed by atoms with van der Waals surface area (Å²) in [6, 6.07) is 13.0. The second kappa shape index (κ2) is 8.39. The van der Waals surface area contributed by atoms with Gasteiger partial charge in [-0.1, -0.05) is 30.3 Å². The van der Waals surface area contributed by atoms with Gasteiger partial charge in [0.15, 0.2) is 0 Å². The zero-order chi connectivity index (χ0) is 18.4. The fourth-order valence-corrected chi connectivity index (χ4v) is 2.79. The summed E-state index contributed by atoms with van der Waals surface area (Å²) >= 11 is 0. The zero-order valence-electron chi connectivity index (χ0n) is 14.8. The van der Waals surface area contributed by atoms with Crippen LogP contribution in [0.4, 0.5) is 0 Å². The van der Waals surface area contributed by atoms with Crippen molar-refractivity contribution in [1.29, 1.82) is 0 Å². The summed E-state index contributed by atoms with van der Waals surface area (Å²) in [5, 5.41) is 14.2. The average molecular weight is 354 g/mol. The Kier molecular flexibility index (Phi) is 5.75. The molecule has 0 spiro atoms. The van der Waals surface area contributed by atoms with Crippen molar-refractivity contribution < 1.29 is 9.21 Å². The average Bonchev–Trinajstić information content (AvgIpc) is 3.34. The van der Waals surface area contributed by atoms with Crippen LogP contribution < -0.4 is 5.32 Å². The molecule has 136 valence electrons. The Bertz CT molecular complexity index is 786. The second-order valence-corrected chi connectivity index (χ2v) is 6.24. The van der Waals surface area contributed by atoms with E-state index in [1.807, 2.05) is 61.5 Å². The highest BCUT2D eigenvalue weighted by atomic mass is 16.3. The predicted molar refractivity (Wildman–Crippen MR) is 95.1 cm³/mol. The first kappa shape index (κ1) is 17.8. The fraction of sp³-hybridized carbons (Fsp3) is 0.333. The van der Waals surface area contributed by atoms with Gasteiger partial charge < -0.3 is 9.73 Å². The standard InChI is InChI=1S/C18H22N6O2/c1-23(2)16(17-9-6-10-26-17)12-19-18(25)15(24-13-20-21-22-24)11-14-7-4-3-5-8-14/h3-10,13,15-16H,11-12H2,1-2H3,(H,19,25). The highest BCUT2D eigenvalue weighted by Gasteiger charge is 2.24. The van der Waals surface area contributed by atoms with Crippen LogP contribution in [0.15, 0.2) is 59.5 Å². The molecule has 26 heavy (non-hydrogen) atoms. The summed E-state index contributed by atoms with van der Waals surface area (Å²) in [6.07, 6.45) is 3.60. The van der Waals surface area contributed by atoms with Gasteiger partial charge in [-0.3, -0.25) is 9.69 Å². The van der Waals surface area contributed by atoms with Gasteiger partial charge in [-0.25, -0.2) is 4.68 Å². The van der Waals surface area contributed by atoms with Crippen LogP contribution in [0.5, 0.6) is 0 Å². The maximum Gasteiger partial charge on any atom is 0.245 e. The van der Waals surface area contributed by atoms with Crippen LogP contribution in [0.1, 0.15) is 23.4 Å². The van der Waals surface area contributed by atoms with Gasteiger partial charge in [-0.15, -0.1) is 5.10 Å². The van der Waals surface area contributed by atoms with Crippen LogP contribution in [0.3, 0.4) is 0 Å². The van der Waals surface area contributed by atoms with Crippen molar-refractivity contribution in [2.75, 3.05) is 20.6 Å². The second-order valence-electron chi connectivity index (χ2n) is 6.24. The summed E-state index contributed by atoms with van der Waals surface area (Å²) in [7, 11) is 3.89. The van der Waals surface area contributed by atoms with E-state index in [4.69, 9.17) is 4.42 Å². The topological polar surface area (TPSA) is 89.1 Å². The molecular formula is C18H22N6O2. The number of likely N-dealkylation sites (N-methyl/N-ethyl adjacent to an activating group) is 1. The number of hydrogen-bond acceptors (Lipinski definition) is 6. The summed E-state index contributed by atoms with van der Waals surface area (Å²) in [6.45, 7) is 0.423. The van der Waals surface area contributed by atoms with Crippen LogP contribution in [0, 0.1) is 0 Å². The number of rotatable bonds is 8. The summed E-state index contributed by atoms with van der Waals surface area (Å²) in [5.41, 5.74) is 1.04. The van der Waals surface area contributed by atoms with Gasteiger partial charge in [0.25, 0.3) is 0 Å². The quantitative estimate of drug-likeness (QED) is 0.659. The lowest BCUT2D eigenvalue weighted by atomic mass is 10.1. The Balaban J connectivity index is 1.71. The van der Waals surface area contributed by atoms with Gasteiger partial charge in [0.2, 0.25) is 5.91 Å². The zero-order valence-corrected chi connectivity index (χ0v) is 14.8. The number of furan rings is 1. The molecule has 0 bridgehead atoms. The molecule has 0 saturated carbocycles. The molecule has 2 heterocycles. The lowest BCUT2D eigenvalue weighted by Gasteiger charge is -2.24. The molecule has 3 rings (SSSR count). The monoisotopic (exact) mass is 354 g/mol. The van der Waals surface area contributed by atoms with Crippen molar-refractivity contribution in [2.45, 2.75) is 18.5 Å². The van der Waals surface area contributed by atoms with Gasteiger partial charge in [0.1, 0.15) is 18.1 Å². The summed E-state index contributed by atoms with van der Waals surface area (Å²) in [5.74, 6) is 0.664. The first-order valence-electron chi connectivity index (χ1n) is 8.39. The van der Waals surface area contributed by atoms with E-state index in [1.54, 1.807) is 6.26 Å². The molecule has 0 aliphatic heterocycles. The number of nitrogens with zero attached hydrogens (tertiary/aromatic N) is 5. The fourth-order valence-electron chi connectivity index (χ4n) is 2.79. The van der Waals surface area contributed by atoms with Gasteiger partial charge in [0.05, 0.1) is 12.3 Å². The van der Waals surface area contributed by atoms with Crippen molar-refractivity contribution in [2.24, 2.45) is 0 Å². The highest BCUT2D eigenvalue weighted by Crippen LogP contribution is 2.19. The van der Waals surface area contributed by atoms with Crippen molar-refractivity contribution in [3.05, 3.63) is 66.4 Å². The molecule has 0 radical (unpaired) electrons. The Hall–Kier alpha value is -3.00. The number of carbonyl (C=O) groups is 1. The Labute approximate surface area is 151 Å². The lowest BCUT2D eigenvalue weighted by Crippen LogP contribution is -2.39. The van der Waals surface area contributed by atoms with E-state index in [-0.39, 0.29) is 11.9 Å². The van der Waals surface area contributed by atoms with Gasteiger partial charge >= 0.3 is 0 Å². The molecule has 0 aliphatic rings. The molecule has 8 nitrogen and oxygen atoms in total. The number of nitrogens with one attached hydrogen (secondary N) is 1. The Morgan fingerprint density at radius 1 is 1.23 bits per heavy atom. The SMILES string of the molecule is CN(C)C(CNC(=O)C(Cc1ccccc1)n1cnnn1)c1ccco1. The summed E-state index contributed by atoms with van der Waals surface area (Å²) < 4.78 is 6.97. The number of benzene rings is 1. The predicted octanol–water partition coefficient (Wildman–Crippen LogP) is 1.47. The molecule has 0 aliphatic carbocycles. The minimum atomic E-state index is -0.521. The molecule has 0 fully saturated rings.